The Morgan fingerprint density at radius 3 is 2.82 bits per heavy atom. The minimum atomic E-state index is -0.973. The molecule has 1 rings (SSSR count). The van der Waals surface area contributed by atoms with Gasteiger partial charge in [0.1, 0.15) is 12.6 Å². The van der Waals surface area contributed by atoms with E-state index in [1.165, 1.54) is 4.90 Å². The van der Waals surface area contributed by atoms with E-state index in [2.05, 4.69) is 6.07 Å². The molecule has 0 aromatic heterocycles. The Hall–Kier alpha value is -1.73. The van der Waals surface area contributed by atoms with Crippen molar-refractivity contribution in [3.63, 3.8) is 0 Å². The maximum Gasteiger partial charge on any atom is 0.323 e. The quantitative estimate of drug-likeness (QED) is 0.875. The molecule has 0 radical (unpaired) electrons. The highest BCUT2D eigenvalue weighted by atomic mass is 35.5. The molecule has 0 heterocycles. The molecule has 1 aromatic carbocycles. The second kappa shape index (κ2) is 6.12. The maximum absolute atomic E-state index is 10.8. The number of carboxylic acids is 1. The molecular formula is C12H13ClN2O2. The molecule has 0 aliphatic carbocycles. The molecule has 4 nitrogen and oxygen atoms in total. The van der Waals surface area contributed by atoms with Gasteiger partial charge in [-0.25, -0.2) is 0 Å². The second-order valence-corrected chi connectivity index (χ2v) is 3.99. The van der Waals surface area contributed by atoms with Crippen LogP contribution >= 0.6 is 11.6 Å². The number of benzene rings is 1. The molecule has 0 saturated heterocycles. The highest BCUT2D eigenvalue weighted by molar-refractivity contribution is 6.30. The largest absolute Gasteiger partial charge is 0.480 e. The Morgan fingerprint density at radius 2 is 2.35 bits per heavy atom. The molecule has 17 heavy (non-hydrogen) atoms. The normalized spacial score (nSPS) is 11.6. The first kappa shape index (κ1) is 13.3. The molecule has 1 atom stereocenters. The zero-order chi connectivity index (χ0) is 12.8. The molecule has 0 saturated carbocycles. The Bertz CT molecular complexity index is 442. The number of halogens is 1. The summed E-state index contributed by atoms with van der Waals surface area (Å²) in [6, 6.07) is 8.47. The average Bonchev–Trinajstić information content (AvgIpc) is 2.29. The summed E-state index contributed by atoms with van der Waals surface area (Å²) in [5.74, 6) is -0.973. The lowest BCUT2D eigenvalue weighted by molar-refractivity contribution is -0.135. The number of carbonyl (C=O) groups is 1. The maximum atomic E-state index is 10.8. The van der Waals surface area contributed by atoms with E-state index in [0.717, 1.165) is 0 Å². The van der Waals surface area contributed by atoms with E-state index in [4.69, 9.17) is 22.0 Å². The third-order valence-corrected chi connectivity index (χ3v) is 2.59. The Morgan fingerprint density at radius 1 is 1.65 bits per heavy atom. The van der Waals surface area contributed by atoms with E-state index in [0.29, 0.717) is 17.1 Å². The summed E-state index contributed by atoms with van der Waals surface area (Å²) in [4.78, 5) is 12.4. The van der Waals surface area contributed by atoms with Gasteiger partial charge < -0.3 is 10.0 Å². The van der Waals surface area contributed by atoms with Crippen molar-refractivity contribution in [2.45, 2.75) is 19.4 Å². The van der Waals surface area contributed by atoms with Crippen LogP contribution in [0, 0.1) is 11.3 Å². The van der Waals surface area contributed by atoms with Gasteiger partial charge in [0.2, 0.25) is 0 Å². The Labute approximate surface area is 105 Å². The lowest BCUT2D eigenvalue weighted by Gasteiger charge is -2.27. The number of nitrogens with zero attached hydrogens (tertiary/aromatic N) is 2. The SMILES string of the molecule is CCC(C#N)N(CC(=O)O)c1cccc(Cl)c1. The van der Waals surface area contributed by atoms with Crippen molar-refractivity contribution < 1.29 is 9.90 Å². The predicted octanol–water partition coefficient (Wildman–Crippen LogP) is 2.53. The average molecular weight is 253 g/mol. The van der Waals surface area contributed by atoms with Gasteiger partial charge in [0.15, 0.2) is 0 Å². The van der Waals surface area contributed by atoms with Crippen molar-refractivity contribution in [1.29, 1.82) is 5.26 Å². The van der Waals surface area contributed by atoms with Crippen LogP contribution in [0.1, 0.15) is 13.3 Å². The molecule has 0 amide bonds. The van der Waals surface area contributed by atoms with Crippen molar-refractivity contribution in [2.24, 2.45) is 0 Å². The van der Waals surface area contributed by atoms with Crippen molar-refractivity contribution in [1.82, 2.24) is 0 Å². The fraction of sp³-hybridized carbons (Fsp3) is 0.333. The van der Waals surface area contributed by atoms with E-state index in [-0.39, 0.29) is 6.54 Å². The molecule has 1 N–H and O–H groups in total. The van der Waals surface area contributed by atoms with E-state index >= 15 is 0 Å². The minimum absolute atomic E-state index is 0.216. The number of rotatable bonds is 5. The molecule has 90 valence electrons. The van der Waals surface area contributed by atoms with Gasteiger partial charge in [-0.1, -0.05) is 24.6 Å². The highest BCUT2D eigenvalue weighted by Crippen LogP contribution is 2.22. The molecule has 0 fully saturated rings. The predicted molar refractivity (Wildman–Crippen MR) is 66.1 cm³/mol. The smallest absolute Gasteiger partial charge is 0.323 e. The van der Waals surface area contributed by atoms with Crippen molar-refractivity contribution >= 4 is 23.3 Å². The van der Waals surface area contributed by atoms with Crippen LogP contribution in [0.15, 0.2) is 24.3 Å². The number of hydrogen-bond acceptors (Lipinski definition) is 3. The van der Waals surface area contributed by atoms with E-state index in [1.807, 2.05) is 6.92 Å². The summed E-state index contributed by atoms with van der Waals surface area (Å²) in [7, 11) is 0. The number of nitriles is 1. The van der Waals surface area contributed by atoms with Crippen molar-refractivity contribution in [3.8, 4) is 6.07 Å². The zero-order valence-corrected chi connectivity index (χ0v) is 10.2. The second-order valence-electron chi connectivity index (χ2n) is 3.55. The first-order valence-corrected chi connectivity index (χ1v) is 5.60. The van der Waals surface area contributed by atoms with Crippen LogP contribution < -0.4 is 4.90 Å². The fourth-order valence-corrected chi connectivity index (χ4v) is 1.75. The summed E-state index contributed by atoms with van der Waals surface area (Å²) >= 11 is 5.86. The molecule has 0 aliphatic heterocycles. The van der Waals surface area contributed by atoms with Crippen LogP contribution in [0.3, 0.4) is 0 Å². The lowest BCUT2D eigenvalue weighted by Crippen LogP contribution is -2.38. The monoisotopic (exact) mass is 252 g/mol. The van der Waals surface area contributed by atoms with Gasteiger partial charge in [-0.2, -0.15) is 5.26 Å². The van der Waals surface area contributed by atoms with Crippen LogP contribution in [0.5, 0.6) is 0 Å². The van der Waals surface area contributed by atoms with Crippen LogP contribution in [-0.4, -0.2) is 23.7 Å². The molecule has 1 aromatic rings. The van der Waals surface area contributed by atoms with Crippen LogP contribution in [0.2, 0.25) is 5.02 Å². The highest BCUT2D eigenvalue weighted by Gasteiger charge is 2.19. The van der Waals surface area contributed by atoms with Crippen LogP contribution in [-0.2, 0) is 4.79 Å². The van der Waals surface area contributed by atoms with Gasteiger partial charge in [0, 0.05) is 10.7 Å². The molecule has 5 heteroatoms. The molecular weight excluding hydrogens is 240 g/mol. The van der Waals surface area contributed by atoms with E-state index < -0.39 is 12.0 Å². The zero-order valence-electron chi connectivity index (χ0n) is 9.43. The molecule has 0 spiro atoms. The topological polar surface area (TPSA) is 64.3 Å². The summed E-state index contributed by atoms with van der Waals surface area (Å²) < 4.78 is 0. The van der Waals surface area contributed by atoms with Gasteiger partial charge in [-0.05, 0) is 24.6 Å². The van der Waals surface area contributed by atoms with Crippen molar-refractivity contribution in [2.75, 3.05) is 11.4 Å². The van der Waals surface area contributed by atoms with E-state index in [9.17, 15) is 4.79 Å². The third kappa shape index (κ3) is 3.65. The van der Waals surface area contributed by atoms with Crippen molar-refractivity contribution in [3.05, 3.63) is 29.3 Å². The Kier molecular flexibility index (Phi) is 4.80. The van der Waals surface area contributed by atoms with Gasteiger partial charge in [-0.15, -0.1) is 0 Å². The van der Waals surface area contributed by atoms with Gasteiger partial charge in [0.05, 0.1) is 6.07 Å². The molecule has 0 bridgehead atoms. The first-order chi connectivity index (χ1) is 8.08. The third-order valence-electron chi connectivity index (χ3n) is 2.36. The summed E-state index contributed by atoms with van der Waals surface area (Å²) in [6.07, 6.45) is 0.552. The van der Waals surface area contributed by atoms with Gasteiger partial charge in [-0.3, -0.25) is 4.79 Å². The van der Waals surface area contributed by atoms with E-state index in [1.54, 1.807) is 24.3 Å². The van der Waals surface area contributed by atoms with Crippen LogP contribution in [0.4, 0.5) is 5.69 Å². The lowest BCUT2D eigenvalue weighted by atomic mass is 10.1. The Balaban J connectivity index is 3.05. The summed E-state index contributed by atoms with van der Waals surface area (Å²) in [5, 5.41) is 18.4. The fourth-order valence-electron chi connectivity index (χ4n) is 1.56. The first-order valence-electron chi connectivity index (χ1n) is 5.22. The number of aliphatic carboxylic acids is 1. The molecule has 0 aliphatic rings. The number of carboxylic acid groups (broad SMARTS) is 1. The minimum Gasteiger partial charge on any atom is -0.480 e. The van der Waals surface area contributed by atoms with Crippen LogP contribution in [0.25, 0.3) is 0 Å². The standard InChI is InChI=1S/C12H13ClN2O2/c1-2-10(7-14)15(8-12(16)17)11-5-3-4-9(13)6-11/h3-6,10H,2,8H2,1H3,(H,16,17). The summed E-state index contributed by atoms with van der Waals surface area (Å²) in [5.41, 5.74) is 0.647. The van der Waals surface area contributed by atoms with Gasteiger partial charge >= 0.3 is 5.97 Å². The molecule has 1 unspecified atom stereocenters. The summed E-state index contributed by atoms with van der Waals surface area (Å²) in [6.45, 7) is 1.62. The van der Waals surface area contributed by atoms with Gasteiger partial charge in [0.25, 0.3) is 0 Å². The number of anilines is 1. The number of hydrogen-bond donors (Lipinski definition) is 1.